The Kier molecular flexibility index (Phi) is 4.77. The maximum Gasteiger partial charge on any atom is 0.224 e. The van der Waals surface area contributed by atoms with Crippen molar-refractivity contribution >= 4 is 5.91 Å². The molecule has 1 atom stereocenters. The fourth-order valence-electron chi connectivity index (χ4n) is 3.31. The number of carbonyl (C=O) groups is 1. The van der Waals surface area contributed by atoms with E-state index in [4.69, 9.17) is 0 Å². The third-order valence-corrected chi connectivity index (χ3v) is 4.88. The first kappa shape index (κ1) is 15.5. The molecule has 1 saturated carbocycles. The molecule has 22 heavy (non-hydrogen) atoms. The van der Waals surface area contributed by atoms with Gasteiger partial charge in [0.2, 0.25) is 5.91 Å². The highest BCUT2D eigenvalue weighted by Gasteiger charge is 2.35. The van der Waals surface area contributed by atoms with Crippen LogP contribution in [0.1, 0.15) is 38.7 Å². The van der Waals surface area contributed by atoms with Crippen molar-refractivity contribution in [3.8, 4) is 0 Å². The third-order valence-electron chi connectivity index (χ3n) is 4.88. The van der Waals surface area contributed by atoms with Gasteiger partial charge in [0, 0.05) is 51.0 Å². The zero-order valence-corrected chi connectivity index (χ0v) is 13.7. The van der Waals surface area contributed by atoms with Gasteiger partial charge in [0.15, 0.2) is 0 Å². The molecule has 0 spiro atoms. The van der Waals surface area contributed by atoms with Gasteiger partial charge in [0.1, 0.15) is 0 Å². The molecule has 1 aliphatic carbocycles. The summed E-state index contributed by atoms with van der Waals surface area (Å²) in [5.41, 5.74) is 1.28. The second kappa shape index (κ2) is 6.78. The van der Waals surface area contributed by atoms with Crippen molar-refractivity contribution in [2.45, 2.75) is 45.7 Å². The van der Waals surface area contributed by atoms with Crippen LogP contribution in [0.3, 0.4) is 0 Å². The van der Waals surface area contributed by atoms with Crippen LogP contribution >= 0.6 is 0 Å². The molecule has 2 aliphatic rings. The van der Waals surface area contributed by atoms with Gasteiger partial charge in [0.05, 0.1) is 0 Å². The van der Waals surface area contributed by atoms with E-state index < -0.39 is 0 Å². The number of carbonyl (C=O) groups excluding carboxylic acids is 1. The molecule has 0 aromatic carbocycles. The lowest BCUT2D eigenvalue weighted by atomic mass is 10.0. The molecule has 1 saturated heterocycles. The lowest BCUT2D eigenvalue weighted by Gasteiger charge is -2.35. The maximum absolute atomic E-state index is 12.6. The number of amides is 1. The molecule has 120 valence electrons. The molecule has 4 heteroatoms. The molecular weight excluding hydrogens is 274 g/mol. The Morgan fingerprint density at radius 2 is 2.00 bits per heavy atom. The topological polar surface area (TPSA) is 36.4 Å². The van der Waals surface area contributed by atoms with Crippen molar-refractivity contribution in [1.29, 1.82) is 0 Å². The second-order valence-electron chi connectivity index (χ2n) is 7.14. The Morgan fingerprint density at radius 3 is 2.64 bits per heavy atom. The highest BCUT2D eigenvalue weighted by Crippen LogP contribution is 2.32. The average molecular weight is 301 g/mol. The minimum absolute atomic E-state index is 0.345. The van der Waals surface area contributed by atoms with Gasteiger partial charge in [-0.05, 0) is 42.4 Å². The molecule has 2 fully saturated rings. The molecular formula is C18H27N3O. The quantitative estimate of drug-likeness (QED) is 0.838. The molecule has 0 radical (unpaired) electrons. The lowest BCUT2D eigenvalue weighted by Crippen LogP contribution is -2.47. The molecule has 4 nitrogen and oxygen atoms in total. The van der Waals surface area contributed by atoms with E-state index in [9.17, 15) is 4.79 Å². The summed E-state index contributed by atoms with van der Waals surface area (Å²) in [6.45, 7) is 8.23. The standard InChI is InChI=1S/C18H27N3O/c1-14(2)17-13-20(11-16-5-8-19-9-6-16)10-7-18(22)21(17)12-15-3-4-15/h5-6,8-9,14-15,17H,3-4,7,10-13H2,1-2H3/t17-/m1/s1. The maximum atomic E-state index is 12.6. The summed E-state index contributed by atoms with van der Waals surface area (Å²) in [6.07, 6.45) is 6.95. The number of pyridine rings is 1. The Bertz CT molecular complexity index is 498. The smallest absolute Gasteiger partial charge is 0.224 e. The summed E-state index contributed by atoms with van der Waals surface area (Å²) in [6, 6.07) is 4.48. The predicted molar refractivity (Wildman–Crippen MR) is 87.2 cm³/mol. The van der Waals surface area contributed by atoms with Crippen LogP contribution in [0.25, 0.3) is 0 Å². The molecule has 1 aliphatic heterocycles. The third kappa shape index (κ3) is 3.86. The van der Waals surface area contributed by atoms with E-state index in [1.54, 1.807) is 0 Å². The first-order valence-electron chi connectivity index (χ1n) is 8.54. The van der Waals surface area contributed by atoms with Crippen molar-refractivity contribution in [2.75, 3.05) is 19.6 Å². The number of aromatic nitrogens is 1. The van der Waals surface area contributed by atoms with Crippen molar-refractivity contribution in [2.24, 2.45) is 11.8 Å². The van der Waals surface area contributed by atoms with Crippen LogP contribution in [0.15, 0.2) is 24.5 Å². The van der Waals surface area contributed by atoms with Crippen LogP contribution in [0.5, 0.6) is 0 Å². The molecule has 1 aromatic rings. The summed E-state index contributed by atoms with van der Waals surface area (Å²) in [7, 11) is 0. The molecule has 2 heterocycles. The van der Waals surface area contributed by atoms with Gasteiger partial charge in [-0.1, -0.05) is 13.8 Å². The Hall–Kier alpha value is -1.42. The van der Waals surface area contributed by atoms with Gasteiger partial charge in [0.25, 0.3) is 0 Å². The number of rotatable bonds is 5. The van der Waals surface area contributed by atoms with Gasteiger partial charge in [-0.2, -0.15) is 0 Å². The zero-order valence-electron chi connectivity index (χ0n) is 13.7. The summed E-state index contributed by atoms with van der Waals surface area (Å²) >= 11 is 0. The minimum atomic E-state index is 0.345. The van der Waals surface area contributed by atoms with Gasteiger partial charge >= 0.3 is 0 Å². The lowest BCUT2D eigenvalue weighted by molar-refractivity contribution is -0.133. The highest BCUT2D eigenvalue weighted by molar-refractivity contribution is 5.77. The van der Waals surface area contributed by atoms with Gasteiger partial charge < -0.3 is 4.90 Å². The molecule has 0 N–H and O–H groups in total. The number of nitrogens with zero attached hydrogens (tertiary/aromatic N) is 3. The molecule has 1 amide bonds. The fraction of sp³-hybridized carbons (Fsp3) is 0.667. The average Bonchev–Trinajstić information content (AvgIpc) is 3.33. The first-order chi connectivity index (χ1) is 10.6. The largest absolute Gasteiger partial charge is 0.338 e. The van der Waals surface area contributed by atoms with Crippen molar-refractivity contribution in [3.63, 3.8) is 0 Å². The minimum Gasteiger partial charge on any atom is -0.338 e. The van der Waals surface area contributed by atoms with E-state index in [1.807, 2.05) is 12.4 Å². The molecule has 0 unspecified atom stereocenters. The van der Waals surface area contributed by atoms with E-state index >= 15 is 0 Å². The number of hydrogen-bond donors (Lipinski definition) is 0. The van der Waals surface area contributed by atoms with Crippen LogP contribution < -0.4 is 0 Å². The Labute approximate surface area is 133 Å². The summed E-state index contributed by atoms with van der Waals surface area (Å²) in [5, 5.41) is 0. The second-order valence-corrected chi connectivity index (χ2v) is 7.14. The summed E-state index contributed by atoms with van der Waals surface area (Å²) in [4.78, 5) is 21.3. The Balaban J connectivity index is 1.70. The van der Waals surface area contributed by atoms with Crippen molar-refractivity contribution < 1.29 is 4.79 Å². The Morgan fingerprint density at radius 1 is 1.27 bits per heavy atom. The van der Waals surface area contributed by atoms with E-state index in [1.165, 1.54) is 18.4 Å². The van der Waals surface area contributed by atoms with E-state index in [0.717, 1.165) is 32.1 Å². The summed E-state index contributed by atoms with van der Waals surface area (Å²) in [5.74, 6) is 1.61. The van der Waals surface area contributed by atoms with Crippen molar-refractivity contribution in [1.82, 2.24) is 14.8 Å². The van der Waals surface area contributed by atoms with Crippen molar-refractivity contribution in [3.05, 3.63) is 30.1 Å². The molecule has 0 bridgehead atoms. The van der Waals surface area contributed by atoms with Crippen LogP contribution in [-0.4, -0.2) is 46.4 Å². The summed E-state index contributed by atoms with van der Waals surface area (Å²) < 4.78 is 0. The van der Waals surface area contributed by atoms with E-state index in [0.29, 0.717) is 24.3 Å². The zero-order chi connectivity index (χ0) is 15.5. The monoisotopic (exact) mass is 301 g/mol. The molecule has 1 aromatic heterocycles. The number of hydrogen-bond acceptors (Lipinski definition) is 3. The SMILES string of the molecule is CC(C)[C@H]1CN(Cc2ccncc2)CCC(=O)N1CC1CC1. The van der Waals surface area contributed by atoms with Gasteiger partial charge in [-0.15, -0.1) is 0 Å². The van der Waals surface area contributed by atoms with Gasteiger partial charge in [-0.3, -0.25) is 14.7 Å². The van der Waals surface area contributed by atoms with Crippen LogP contribution in [0.4, 0.5) is 0 Å². The highest BCUT2D eigenvalue weighted by atomic mass is 16.2. The fourth-order valence-corrected chi connectivity index (χ4v) is 3.31. The van der Waals surface area contributed by atoms with Crippen LogP contribution in [0.2, 0.25) is 0 Å². The van der Waals surface area contributed by atoms with E-state index in [2.05, 4.69) is 40.8 Å². The normalized spacial score (nSPS) is 23.9. The van der Waals surface area contributed by atoms with E-state index in [-0.39, 0.29) is 0 Å². The molecule has 3 rings (SSSR count). The van der Waals surface area contributed by atoms with Crippen LogP contribution in [-0.2, 0) is 11.3 Å². The van der Waals surface area contributed by atoms with Gasteiger partial charge in [-0.25, -0.2) is 0 Å². The predicted octanol–water partition coefficient (Wildman–Crippen LogP) is 2.55. The first-order valence-corrected chi connectivity index (χ1v) is 8.54. The van der Waals surface area contributed by atoms with Crippen LogP contribution in [0, 0.1) is 11.8 Å².